The number of methoxy groups -OCH3 is 1. The van der Waals surface area contributed by atoms with Crippen LogP contribution in [0.25, 0.3) is 0 Å². The van der Waals surface area contributed by atoms with E-state index in [1.807, 2.05) is 0 Å². The maximum Gasteiger partial charge on any atom is 0.192 e. The van der Waals surface area contributed by atoms with E-state index in [1.165, 1.54) is 14.0 Å². The Morgan fingerprint density at radius 2 is 1.67 bits per heavy atom. The molecule has 5 unspecified atom stereocenters. The minimum atomic E-state index is -2.18. The summed E-state index contributed by atoms with van der Waals surface area (Å²) in [5.41, 5.74) is 0. The molecular formula is C14H26O10. The van der Waals surface area contributed by atoms with Crippen molar-refractivity contribution in [1.82, 2.24) is 0 Å². The highest BCUT2D eigenvalue weighted by atomic mass is 16.7. The average Bonchev–Trinajstić information content (AvgIpc) is 2.54. The summed E-state index contributed by atoms with van der Waals surface area (Å²) >= 11 is 0. The Kier molecular flexibility index (Phi) is 6.53. The Hall–Kier alpha value is -0.400. The first-order valence-electron chi connectivity index (χ1n) is 7.77. The van der Waals surface area contributed by atoms with Crippen LogP contribution in [0.5, 0.6) is 0 Å². The fourth-order valence-corrected chi connectivity index (χ4v) is 2.98. The van der Waals surface area contributed by atoms with Crippen molar-refractivity contribution in [3.63, 3.8) is 0 Å². The third kappa shape index (κ3) is 3.88. The molecule has 8 atom stereocenters. The molecule has 0 amide bonds. The van der Waals surface area contributed by atoms with Crippen molar-refractivity contribution in [2.24, 2.45) is 0 Å². The Bertz CT molecular complexity index is 403. The van der Waals surface area contributed by atoms with Gasteiger partial charge in [-0.15, -0.1) is 0 Å². The molecule has 0 aromatic carbocycles. The maximum absolute atomic E-state index is 10.1. The first-order chi connectivity index (χ1) is 11.2. The lowest BCUT2D eigenvalue weighted by Crippen LogP contribution is -2.62. The molecule has 2 aliphatic heterocycles. The highest BCUT2D eigenvalue weighted by Gasteiger charge is 2.50. The summed E-state index contributed by atoms with van der Waals surface area (Å²) in [7, 11) is 1.30. The Balaban J connectivity index is 2.10. The Morgan fingerprint density at radius 1 is 1.04 bits per heavy atom. The summed E-state index contributed by atoms with van der Waals surface area (Å²) in [6, 6.07) is 0. The lowest BCUT2D eigenvalue weighted by molar-refractivity contribution is -0.355. The van der Waals surface area contributed by atoms with E-state index in [0.717, 1.165) is 0 Å². The van der Waals surface area contributed by atoms with Gasteiger partial charge in [-0.05, 0) is 6.92 Å². The van der Waals surface area contributed by atoms with Crippen LogP contribution in [0.3, 0.4) is 0 Å². The summed E-state index contributed by atoms with van der Waals surface area (Å²) in [5.74, 6) is -2.18. The van der Waals surface area contributed by atoms with Crippen LogP contribution in [0.1, 0.15) is 13.3 Å². The molecule has 2 fully saturated rings. The molecule has 0 aromatic heterocycles. The first kappa shape index (κ1) is 19.9. The third-order valence-electron chi connectivity index (χ3n) is 4.53. The second-order valence-electron chi connectivity index (χ2n) is 6.16. The van der Waals surface area contributed by atoms with Gasteiger partial charge in [0, 0.05) is 13.5 Å². The zero-order valence-electron chi connectivity index (χ0n) is 13.6. The van der Waals surface area contributed by atoms with Gasteiger partial charge in [-0.2, -0.15) is 0 Å². The van der Waals surface area contributed by atoms with Gasteiger partial charge in [-0.1, -0.05) is 0 Å². The minimum Gasteiger partial charge on any atom is -0.394 e. The fraction of sp³-hybridized carbons (Fsp3) is 1.00. The lowest BCUT2D eigenvalue weighted by atomic mass is 9.95. The van der Waals surface area contributed by atoms with Gasteiger partial charge in [0.05, 0.1) is 19.3 Å². The van der Waals surface area contributed by atoms with Crippen LogP contribution in [0, 0.1) is 0 Å². The van der Waals surface area contributed by atoms with Crippen molar-refractivity contribution in [1.29, 1.82) is 0 Å². The lowest BCUT2D eigenvalue weighted by Gasteiger charge is -2.46. The van der Waals surface area contributed by atoms with Gasteiger partial charge in [0.1, 0.15) is 36.6 Å². The van der Waals surface area contributed by atoms with Crippen LogP contribution >= 0.6 is 0 Å². The molecule has 2 heterocycles. The van der Waals surface area contributed by atoms with Gasteiger partial charge >= 0.3 is 0 Å². The zero-order valence-corrected chi connectivity index (χ0v) is 13.6. The van der Waals surface area contributed by atoms with E-state index in [1.54, 1.807) is 0 Å². The van der Waals surface area contributed by atoms with E-state index in [4.69, 9.17) is 18.9 Å². The smallest absolute Gasteiger partial charge is 0.192 e. The largest absolute Gasteiger partial charge is 0.394 e. The van der Waals surface area contributed by atoms with E-state index in [2.05, 4.69) is 0 Å². The van der Waals surface area contributed by atoms with Gasteiger partial charge in [0.15, 0.2) is 12.1 Å². The second-order valence-corrected chi connectivity index (χ2v) is 6.16. The summed E-state index contributed by atoms with van der Waals surface area (Å²) in [6.07, 6.45) is -9.24. The van der Waals surface area contributed by atoms with Crippen LogP contribution in [-0.2, 0) is 18.9 Å². The zero-order chi connectivity index (χ0) is 18.1. The van der Waals surface area contributed by atoms with E-state index < -0.39 is 68.0 Å². The van der Waals surface area contributed by atoms with Gasteiger partial charge < -0.3 is 49.6 Å². The summed E-state index contributed by atoms with van der Waals surface area (Å²) < 4.78 is 21.3. The van der Waals surface area contributed by atoms with Gasteiger partial charge in [-0.25, -0.2) is 0 Å². The first-order valence-corrected chi connectivity index (χ1v) is 7.77. The molecule has 10 nitrogen and oxygen atoms in total. The third-order valence-corrected chi connectivity index (χ3v) is 4.53. The molecule has 10 heteroatoms. The van der Waals surface area contributed by atoms with Gasteiger partial charge in [-0.3, -0.25) is 0 Å². The standard InChI is InChI=1S/C14H26O10/c1-6-14(19,20)3-7(8(4-15)22-6)23-13-11(18)10(17)12(21-2)9(5-16)24-13/h6-13,15-20H,3-5H2,1-2H3/t6?,7-,8?,9?,10?,11?,12+,13+/m0/s1. The van der Waals surface area contributed by atoms with E-state index >= 15 is 0 Å². The molecule has 0 bridgehead atoms. The van der Waals surface area contributed by atoms with Crippen LogP contribution in [-0.4, -0.2) is 106 Å². The minimum absolute atomic E-state index is 0.292. The maximum atomic E-state index is 10.1. The highest BCUT2D eigenvalue weighted by Crippen LogP contribution is 2.32. The summed E-state index contributed by atoms with van der Waals surface area (Å²) in [5, 5.41) is 58.8. The van der Waals surface area contributed by atoms with Crippen LogP contribution < -0.4 is 0 Å². The molecule has 142 valence electrons. The SMILES string of the molecule is CO[C@@H]1C(CO)O[C@@H](O[C@H]2CC(O)(O)C(C)OC2CO)C(O)C1O. The topological polar surface area (TPSA) is 158 Å². The molecule has 2 aliphatic rings. The molecular weight excluding hydrogens is 328 g/mol. The quantitative estimate of drug-likeness (QED) is 0.276. The predicted molar refractivity (Wildman–Crippen MR) is 76.6 cm³/mol. The molecule has 0 saturated carbocycles. The number of hydrogen-bond donors (Lipinski definition) is 6. The van der Waals surface area contributed by atoms with Crippen LogP contribution in [0.2, 0.25) is 0 Å². The number of aliphatic hydroxyl groups excluding tert-OH is 4. The molecule has 6 N–H and O–H groups in total. The highest BCUT2D eigenvalue weighted by molar-refractivity contribution is 4.93. The Morgan fingerprint density at radius 3 is 2.21 bits per heavy atom. The Labute approximate surface area is 139 Å². The number of aliphatic hydroxyl groups is 6. The summed E-state index contributed by atoms with van der Waals surface area (Å²) in [6.45, 7) is 0.522. The fourth-order valence-electron chi connectivity index (χ4n) is 2.98. The molecule has 0 aromatic rings. The number of ether oxygens (including phenoxy) is 4. The van der Waals surface area contributed by atoms with Crippen molar-refractivity contribution in [3.05, 3.63) is 0 Å². The van der Waals surface area contributed by atoms with E-state index in [9.17, 15) is 30.6 Å². The van der Waals surface area contributed by atoms with Crippen molar-refractivity contribution in [2.45, 2.75) is 68.1 Å². The van der Waals surface area contributed by atoms with Crippen molar-refractivity contribution in [2.75, 3.05) is 20.3 Å². The molecule has 0 aliphatic carbocycles. The second kappa shape index (κ2) is 7.87. The van der Waals surface area contributed by atoms with Gasteiger partial charge in [0.25, 0.3) is 0 Å². The van der Waals surface area contributed by atoms with Crippen molar-refractivity contribution in [3.8, 4) is 0 Å². The number of rotatable bonds is 5. The number of hydrogen-bond acceptors (Lipinski definition) is 10. The predicted octanol–water partition coefficient (Wildman–Crippen LogP) is -3.32. The molecule has 2 rings (SSSR count). The summed E-state index contributed by atoms with van der Waals surface area (Å²) in [4.78, 5) is 0. The monoisotopic (exact) mass is 354 g/mol. The normalized spacial score (nSPS) is 46.0. The van der Waals surface area contributed by atoms with Crippen molar-refractivity contribution >= 4 is 0 Å². The molecule has 2 saturated heterocycles. The molecule has 0 radical (unpaired) electrons. The average molecular weight is 354 g/mol. The molecule has 24 heavy (non-hydrogen) atoms. The van der Waals surface area contributed by atoms with Gasteiger partial charge in [0.2, 0.25) is 0 Å². The molecule has 0 spiro atoms. The van der Waals surface area contributed by atoms with E-state index in [0.29, 0.717) is 0 Å². The van der Waals surface area contributed by atoms with E-state index in [-0.39, 0.29) is 6.42 Å². The van der Waals surface area contributed by atoms with Crippen LogP contribution in [0.4, 0.5) is 0 Å². The van der Waals surface area contributed by atoms with Crippen molar-refractivity contribution < 1.29 is 49.6 Å². The van der Waals surface area contributed by atoms with Crippen LogP contribution in [0.15, 0.2) is 0 Å².